The zero-order valence-corrected chi connectivity index (χ0v) is 26.4. The van der Waals surface area contributed by atoms with Crippen LogP contribution in [0.5, 0.6) is 0 Å². The predicted molar refractivity (Wildman–Crippen MR) is 164 cm³/mol. The number of unbranched alkanes of at least 4 members (excludes halogenated alkanes) is 12. The normalized spacial score (nSPS) is 18.7. The molecule has 0 aromatic heterocycles. The molecule has 224 valence electrons. The molecular weight excluding hydrogens is 492 g/mol. The van der Waals surface area contributed by atoms with Crippen LogP contribution in [0.1, 0.15) is 163 Å². The van der Waals surface area contributed by atoms with E-state index in [1.807, 2.05) is 11.8 Å². The molecule has 0 heterocycles. The maximum atomic E-state index is 12.5. The van der Waals surface area contributed by atoms with E-state index in [-0.39, 0.29) is 18.0 Å². The molecule has 0 saturated heterocycles. The molecule has 3 atom stereocenters. The zero-order valence-electron chi connectivity index (χ0n) is 25.6. The molecule has 0 bridgehead atoms. The number of carbonyl (C=O) groups is 2. The molecule has 1 aliphatic rings. The van der Waals surface area contributed by atoms with Crippen LogP contribution in [0, 0.1) is 11.3 Å². The number of rotatable bonds is 24. The van der Waals surface area contributed by atoms with Gasteiger partial charge < -0.3 is 9.84 Å². The first-order chi connectivity index (χ1) is 18.2. The van der Waals surface area contributed by atoms with Crippen molar-refractivity contribution >= 4 is 23.5 Å². The fourth-order valence-corrected chi connectivity index (χ4v) is 6.88. The summed E-state index contributed by atoms with van der Waals surface area (Å²) in [6.45, 7) is 9.67. The van der Waals surface area contributed by atoms with Crippen molar-refractivity contribution in [3.8, 4) is 0 Å². The van der Waals surface area contributed by atoms with Gasteiger partial charge >= 0.3 is 5.97 Å². The van der Waals surface area contributed by atoms with E-state index in [2.05, 4.69) is 27.7 Å². The van der Waals surface area contributed by atoms with E-state index in [0.29, 0.717) is 35.9 Å². The highest BCUT2D eigenvalue weighted by atomic mass is 32.2. The van der Waals surface area contributed by atoms with E-state index >= 15 is 0 Å². The Morgan fingerprint density at radius 1 is 0.921 bits per heavy atom. The highest BCUT2D eigenvalue weighted by Crippen LogP contribution is 2.36. The van der Waals surface area contributed by atoms with Gasteiger partial charge in [0.15, 0.2) is 0 Å². The Morgan fingerprint density at radius 2 is 1.55 bits per heavy atom. The van der Waals surface area contributed by atoms with Crippen LogP contribution in [0.4, 0.5) is 0 Å². The van der Waals surface area contributed by atoms with E-state index in [4.69, 9.17) is 4.74 Å². The molecule has 0 aromatic carbocycles. The molecule has 0 aromatic rings. The standard InChI is InChI=1S/C33H62O4S/c1-5-6-7-8-9-10-13-19-26-37-32(36)22-17-12-11-16-21-29-30(35)23-24-31(29)38-27-28(34)20-15-14-18-25-33(2,3)4/h28-29,31,34H,5-27H2,1-4H3. The third-order valence-electron chi connectivity index (χ3n) is 7.91. The molecular formula is C33H62O4S. The van der Waals surface area contributed by atoms with Crippen LogP contribution >= 0.6 is 11.8 Å². The summed E-state index contributed by atoms with van der Waals surface area (Å²) in [6, 6.07) is 0. The SMILES string of the molecule is CCCCCCCCCCOC(=O)CCCCCCC1C(=O)CCC1SCC(O)CCCCCC(C)(C)C. The van der Waals surface area contributed by atoms with Crippen LogP contribution in [0.3, 0.4) is 0 Å². The minimum Gasteiger partial charge on any atom is -0.466 e. The predicted octanol–water partition coefficient (Wildman–Crippen LogP) is 9.45. The second-order valence-electron chi connectivity index (χ2n) is 12.9. The van der Waals surface area contributed by atoms with Gasteiger partial charge in [0.05, 0.1) is 12.7 Å². The van der Waals surface area contributed by atoms with Crippen molar-refractivity contribution in [2.45, 2.75) is 174 Å². The lowest BCUT2D eigenvalue weighted by Gasteiger charge is -2.20. The van der Waals surface area contributed by atoms with Gasteiger partial charge in [0.25, 0.3) is 0 Å². The van der Waals surface area contributed by atoms with E-state index in [9.17, 15) is 14.7 Å². The largest absolute Gasteiger partial charge is 0.466 e. The van der Waals surface area contributed by atoms with Crippen molar-refractivity contribution < 1.29 is 19.4 Å². The average Bonchev–Trinajstić information content (AvgIpc) is 3.22. The average molecular weight is 555 g/mol. The lowest BCUT2D eigenvalue weighted by Crippen LogP contribution is -2.20. The van der Waals surface area contributed by atoms with E-state index < -0.39 is 0 Å². The van der Waals surface area contributed by atoms with Gasteiger partial charge in [0.1, 0.15) is 5.78 Å². The Morgan fingerprint density at radius 3 is 2.26 bits per heavy atom. The van der Waals surface area contributed by atoms with Gasteiger partial charge in [-0.3, -0.25) is 9.59 Å². The van der Waals surface area contributed by atoms with Crippen LogP contribution < -0.4 is 0 Å². The number of aliphatic hydroxyl groups is 1. The summed E-state index contributed by atoms with van der Waals surface area (Å²) in [7, 11) is 0. The van der Waals surface area contributed by atoms with E-state index in [1.54, 1.807) is 0 Å². The summed E-state index contributed by atoms with van der Waals surface area (Å²) in [6.07, 6.45) is 22.6. The Kier molecular flexibility index (Phi) is 20.7. The molecule has 0 radical (unpaired) electrons. The van der Waals surface area contributed by atoms with Crippen LogP contribution in [0.15, 0.2) is 0 Å². The monoisotopic (exact) mass is 554 g/mol. The van der Waals surface area contributed by atoms with Crippen molar-refractivity contribution in [3.63, 3.8) is 0 Å². The van der Waals surface area contributed by atoms with Gasteiger partial charge in [-0.15, -0.1) is 0 Å². The number of Topliss-reactive ketones (excluding diaryl/α,β-unsaturated/α-hetero) is 1. The fraction of sp³-hybridized carbons (Fsp3) is 0.939. The first kappa shape index (κ1) is 35.5. The lowest BCUT2D eigenvalue weighted by atomic mass is 9.89. The third kappa shape index (κ3) is 19.5. The summed E-state index contributed by atoms with van der Waals surface area (Å²) in [5, 5.41) is 10.8. The number of hydrogen-bond acceptors (Lipinski definition) is 5. The Labute approximate surface area is 240 Å². The highest BCUT2D eigenvalue weighted by Gasteiger charge is 2.34. The maximum Gasteiger partial charge on any atom is 0.305 e. The summed E-state index contributed by atoms with van der Waals surface area (Å²) in [5.74, 6) is 1.29. The van der Waals surface area contributed by atoms with Crippen molar-refractivity contribution in [2.24, 2.45) is 11.3 Å². The maximum absolute atomic E-state index is 12.5. The van der Waals surface area contributed by atoms with E-state index in [1.165, 1.54) is 57.8 Å². The molecule has 3 unspecified atom stereocenters. The van der Waals surface area contributed by atoms with Gasteiger partial charge in [0.2, 0.25) is 0 Å². The summed E-state index contributed by atoms with van der Waals surface area (Å²) >= 11 is 1.83. The first-order valence-corrected chi connectivity index (χ1v) is 17.3. The number of carbonyl (C=O) groups excluding carboxylic acids is 2. The number of aliphatic hydroxyl groups excluding tert-OH is 1. The van der Waals surface area contributed by atoms with Gasteiger partial charge in [-0.2, -0.15) is 11.8 Å². The Hall–Kier alpha value is -0.550. The minimum absolute atomic E-state index is 0.0526. The summed E-state index contributed by atoms with van der Waals surface area (Å²) < 4.78 is 5.39. The molecule has 1 rings (SSSR count). The minimum atomic E-state index is -0.249. The van der Waals surface area contributed by atoms with Crippen molar-refractivity contribution in [1.29, 1.82) is 0 Å². The second kappa shape index (κ2) is 22.2. The second-order valence-corrected chi connectivity index (χ2v) is 14.2. The zero-order chi connectivity index (χ0) is 28.1. The number of ether oxygens (including phenoxy) is 1. The first-order valence-electron chi connectivity index (χ1n) is 16.2. The van der Waals surface area contributed by atoms with Crippen LogP contribution in [0.2, 0.25) is 0 Å². The van der Waals surface area contributed by atoms with Crippen LogP contribution in [-0.2, 0) is 14.3 Å². The number of thioether (sulfide) groups is 1. The smallest absolute Gasteiger partial charge is 0.305 e. The third-order valence-corrected chi connectivity index (χ3v) is 9.48. The van der Waals surface area contributed by atoms with Crippen molar-refractivity contribution in [2.75, 3.05) is 12.4 Å². The topological polar surface area (TPSA) is 63.6 Å². The Balaban J connectivity index is 2.03. The number of esters is 1. The van der Waals surface area contributed by atoms with Gasteiger partial charge in [0, 0.05) is 29.8 Å². The number of hydrogen-bond donors (Lipinski definition) is 1. The molecule has 0 aliphatic heterocycles. The summed E-state index contributed by atoms with van der Waals surface area (Å²) in [5.41, 5.74) is 0.400. The number of ketones is 1. The van der Waals surface area contributed by atoms with Crippen LogP contribution in [-0.4, -0.2) is 40.6 Å². The van der Waals surface area contributed by atoms with Crippen LogP contribution in [0.25, 0.3) is 0 Å². The van der Waals surface area contributed by atoms with Crippen molar-refractivity contribution in [3.05, 3.63) is 0 Å². The van der Waals surface area contributed by atoms with Gasteiger partial charge in [-0.25, -0.2) is 0 Å². The molecule has 1 aliphatic carbocycles. The lowest BCUT2D eigenvalue weighted by molar-refractivity contribution is -0.143. The Bertz CT molecular complexity index is 600. The van der Waals surface area contributed by atoms with E-state index in [0.717, 1.165) is 70.0 Å². The molecule has 1 N–H and O–H groups in total. The molecule has 4 nitrogen and oxygen atoms in total. The van der Waals surface area contributed by atoms with Gasteiger partial charge in [-0.1, -0.05) is 111 Å². The summed E-state index contributed by atoms with van der Waals surface area (Å²) in [4.78, 5) is 24.4. The van der Waals surface area contributed by atoms with Crippen molar-refractivity contribution in [1.82, 2.24) is 0 Å². The molecule has 38 heavy (non-hydrogen) atoms. The molecule has 5 heteroatoms. The van der Waals surface area contributed by atoms with Gasteiger partial charge in [-0.05, 0) is 43.9 Å². The quantitative estimate of drug-likeness (QED) is 0.0950. The molecule has 0 amide bonds. The molecule has 0 spiro atoms. The fourth-order valence-electron chi connectivity index (χ4n) is 5.44. The highest BCUT2D eigenvalue weighted by molar-refractivity contribution is 8.00. The molecule has 1 fully saturated rings. The molecule has 1 saturated carbocycles.